The Morgan fingerprint density at radius 1 is 0.500 bits per heavy atom. The molecule has 2 saturated heterocycles. The van der Waals surface area contributed by atoms with Gasteiger partial charge in [0.1, 0.15) is 49.3 Å². The first kappa shape index (κ1) is 52.0. The van der Waals surface area contributed by atoms with E-state index in [9.17, 15) is 14.4 Å². The molecule has 372 valence electrons. The van der Waals surface area contributed by atoms with Crippen LogP contribution >= 0.6 is 0 Å². The Morgan fingerprint density at radius 3 is 1.47 bits per heavy atom. The summed E-state index contributed by atoms with van der Waals surface area (Å²) in [7, 11) is 1.52. The molecule has 2 heterocycles. The third kappa shape index (κ3) is 14.8. The molecule has 0 saturated carbocycles. The summed E-state index contributed by atoms with van der Waals surface area (Å²) in [4.78, 5) is 39.8. The highest BCUT2D eigenvalue weighted by molar-refractivity contribution is 5.76. The number of hydrogen-bond donors (Lipinski definition) is 0. The quantitative estimate of drug-likeness (QED) is 0.0438. The van der Waals surface area contributed by atoms with Crippen molar-refractivity contribution in [2.24, 2.45) is 0 Å². The van der Waals surface area contributed by atoms with Crippen molar-refractivity contribution in [1.29, 1.82) is 0 Å². The number of esters is 3. The maximum Gasteiger partial charge on any atom is 0.339 e. The van der Waals surface area contributed by atoms with Crippen LogP contribution in [0.15, 0.2) is 152 Å². The first-order valence-electron chi connectivity index (χ1n) is 23.5. The molecule has 15 nitrogen and oxygen atoms in total. The van der Waals surface area contributed by atoms with Crippen LogP contribution in [0.4, 0.5) is 0 Å². The van der Waals surface area contributed by atoms with Gasteiger partial charge in [0.15, 0.2) is 24.8 Å². The molecule has 0 bridgehead atoms. The number of methoxy groups -OCH3 is 1. The predicted molar refractivity (Wildman–Crippen MR) is 253 cm³/mol. The van der Waals surface area contributed by atoms with Crippen molar-refractivity contribution in [1.82, 2.24) is 0 Å². The molecule has 0 aliphatic carbocycles. The van der Waals surface area contributed by atoms with Crippen molar-refractivity contribution >= 4 is 17.9 Å². The van der Waals surface area contributed by atoms with E-state index in [-0.39, 0.29) is 46.2 Å². The van der Waals surface area contributed by atoms with E-state index in [0.29, 0.717) is 5.56 Å². The van der Waals surface area contributed by atoms with Gasteiger partial charge in [-0.25, -0.2) is 4.79 Å². The van der Waals surface area contributed by atoms with E-state index in [4.69, 9.17) is 56.8 Å². The Bertz CT molecular complexity index is 2310. The highest BCUT2D eigenvalue weighted by Gasteiger charge is 2.56. The molecule has 2 aliphatic heterocycles. The molecule has 0 amide bonds. The van der Waals surface area contributed by atoms with E-state index in [1.165, 1.54) is 21.0 Å². The van der Waals surface area contributed by atoms with E-state index in [0.717, 1.165) is 22.3 Å². The van der Waals surface area contributed by atoms with E-state index < -0.39 is 85.4 Å². The fourth-order valence-corrected chi connectivity index (χ4v) is 8.32. The van der Waals surface area contributed by atoms with E-state index in [2.05, 4.69) is 0 Å². The zero-order valence-corrected chi connectivity index (χ0v) is 39.9. The Balaban J connectivity index is 1.34. The van der Waals surface area contributed by atoms with E-state index >= 15 is 0 Å². The molecule has 0 unspecified atom stereocenters. The molecule has 0 radical (unpaired) electrons. The summed E-state index contributed by atoms with van der Waals surface area (Å²) in [6, 6.07) is 47.1. The first-order chi connectivity index (χ1) is 34.2. The predicted octanol–water partition coefficient (Wildman–Crippen LogP) is 7.63. The van der Waals surface area contributed by atoms with E-state index in [1.54, 1.807) is 37.3 Å². The topological polar surface area (TPSA) is 162 Å². The van der Waals surface area contributed by atoms with Crippen molar-refractivity contribution in [3.8, 4) is 0 Å². The van der Waals surface area contributed by atoms with Crippen molar-refractivity contribution in [2.75, 3.05) is 26.9 Å². The van der Waals surface area contributed by atoms with Crippen LogP contribution < -0.4 is 0 Å². The Kier molecular flexibility index (Phi) is 20.0. The standard InChI is InChI=1S/C55H62O15/c1-5-61-53(58)46(43-29-19-10-20-30-43)69-52-50(66-38(3)57)47(63-32-40-23-13-7-14-24-40)45(36-62-37(2)56)68-55(52)70-48-44(35-60-31-39-21-11-6-12-22-39)67-54(59-4)51(65-34-42-27-17-9-18-28-42)49(48)64-33-41-25-15-8-16-26-41/h6-30,44-52,54-55H,5,31-36H2,1-4H3/t44-,45-,46-,47-,48-,49+,50+,51-,52-,54+,55+/m1/s1. The lowest BCUT2D eigenvalue weighted by atomic mass is 9.95. The van der Waals surface area contributed by atoms with Crippen LogP contribution in [0.2, 0.25) is 0 Å². The molecule has 70 heavy (non-hydrogen) atoms. The molecule has 2 aliphatic rings. The zero-order valence-electron chi connectivity index (χ0n) is 39.9. The Labute approximate surface area is 409 Å². The maximum atomic E-state index is 14.0. The fraction of sp³-hybridized carbons (Fsp3) is 0.400. The minimum Gasteiger partial charge on any atom is -0.464 e. The summed E-state index contributed by atoms with van der Waals surface area (Å²) in [5.74, 6) is -2.00. The Morgan fingerprint density at radius 2 is 0.971 bits per heavy atom. The number of ether oxygens (including phenoxy) is 12. The van der Waals surface area contributed by atoms with E-state index in [1.807, 2.05) is 121 Å². The van der Waals surface area contributed by atoms with Gasteiger partial charge in [-0.3, -0.25) is 9.59 Å². The van der Waals surface area contributed by atoms with Crippen molar-refractivity contribution < 1.29 is 71.2 Å². The number of rotatable bonds is 24. The largest absolute Gasteiger partial charge is 0.464 e. The van der Waals surface area contributed by atoms with Gasteiger partial charge in [-0.2, -0.15) is 0 Å². The summed E-state index contributed by atoms with van der Waals surface area (Å²) in [5.41, 5.74) is 3.92. The average Bonchev–Trinajstić information content (AvgIpc) is 3.38. The van der Waals surface area contributed by atoms with Gasteiger partial charge in [-0.1, -0.05) is 152 Å². The molecule has 2 fully saturated rings. The molecule has 7 rings (SSSR count). The summed E-state index contributed by atoms with van der Waals surface area (Å²) in [5, 5.41) is 0. The average molecular weight is 963 g/mol. The number of benzene rings is 5. The summed E-state index contributed by atoms with van der Waals surface area (Å²) in [6.45, 7) is 4.43. The third-order valence-electron chi connectivity index (χ3n) is 11.6. The molecule has 5 aromatic rings. The molecule has 11 atom stereocenters. The lowest BCUT2D eigenvalue weighted by molar-refractivity contribution is -0.374. The smallest absolute Gasteiger partial charge is 0.339 e. The van der Waals surface area contributed by atoms with Gasteiger partial charge in [-0.05, 0) is 34.7 Å². The van der Waals surface area contributed by atoms with Crippen LogP contribution in [0.5, 0.6) is 0 Å². The summed E-state index contributed by atoms with van der Waals surface area (Å²) < 4.78 is 77.6. The van der Waals surface area contributed by atoms with Crippen LogP contribution in [0.3, 0.4) is 0 Å². The molecule has 0 spiro atoms. The van der Waals surface area contributed by atoms with Crippen molar-refractivity contribution in [2.45, 2.75) is 115 Å². The van der Waals surface area contributed by atoms with Crippen LogP contribution in [0, 0.1) is 0 Å². The van der Waals surface area contributed by atoms with Gasteiger partial charge in [0.25, 0.3) is 0 Å². The van der Waals surface area contributed by atoms with Gasteiger partial charge in [-0.15, -0.1) is 0 Å². The SMILES string of the molecule is CCOC(=O)[C@H](O[C@H]1[C@H](O[C@H]2[C@H](OCc3ccccc3)[C@@H](OCc3ccccc3)[C@@H](OC)O[C@@H]2COCc2ccccc2)O[C@H](COC(C)=O)[C@@H](OCc2ccccc2)[C@@H]1OC(C)=O)c1ccccc1. The molecule has 0 aromatic heterocycles. The highest BCUT2D eigenvalue weighted by atomic mass is 16.8. The molecular formula is C55H62O15. The second-order valence-corrected chi connectivity index (χ2v) is 16.7. The normalized spacial score (nSPS) is 24.8. The Hall–Kier alpha value is -5.85. The van der Waals surface area contributed by atoms with Crippen LogP contribution in [0.1, 0.15) is 54.7 Å². The lowest BCUT2D eigenvalue weighted by Gasteiger charge is -2.50. The molecule has 5 aromatic carbocycles. The van der Waals surface area contributed by atoms with Crippen molar-refractivity contribution in [3.63, 3.8) is 0 Å². The second kappa shape index (κ2) is 26.9. The highest BCUT2D eigenvalue weighted by Crippen LogP contribution is 2.38. The van der Waals surface area contributed by atoms with Crippen LogP contribution in [0.25, 0.3) is 0 Å². The first-order valence-corrected chi connectivity index (χ1v) is 23.5. The lowest BCUT2D eigenvalue weighted by Crippen LogP contribution is -2.66. The van der Waals surface area contributed by atoms with Gasteiger partial charge in [0, 0.05) is 21.0 Å². The fourth-order valence-electron chi connectivity index (χ4n) is 8.32. The second-order valence-electron chi connectivity index (χ2n) is 16.7. The van der Waals surface area contributed by atoms with Crippen LogP contribution in [-0.4, -0.2) is 106 Å². The molecule has 15 heteroatoms. The van der Waals surface area contributed by atoms with Crippen molar-refractivity contribution in [3.05, 3.63) is 179 Å². The minimum absolute atomic E-state index is 0.0310. The number of carbonyl (C=O) groups excluding carboxylic acids is 3. The van der Waals surface area contributed by atoms with Crippen LogP contribution in [-0.2, 0) is 97.7 Å². The number of carbonyl (C=O) groups is 3. The monoisotopic (exact) mass is 962 g/mol. The third-order valence-corrected chi connectivity index (χ3v) is 11.6. The summed E-state index contributed by atoms with van der Waals surface area (Å²) >= 11 is 0. The summed E-state index contributed by atoms with van der Waals surface area (Å²) in [6.07, 6.45) is -12.9. The zero-order chi connectivity index (χ0) is 49.1. The maximum absolute atomic E-state index is 14.0. The van der Waals surface area contributed by atoms with Gasteiger partial charge >= 0.3 is 17.9 Å². The van der Waals surface area contributed by atoms with Gasteiger partial charge in [0.05, 0.1) is 39.6 Å². The molecular weight excluding hydrogens is 901 g/mol. The van der Waals surface area contributed by atoms with Gasteiger partial charge in [0.2, 0.25) is 0 Å². The molecule has 0 N–H and O–H groups in total. The van der Waals surface area contributed by atoms with Gasteiger partial charge < -0.3 is 56.8 Å². The minimum atomic E-state index is -1.52. The number of hydrogen-bond acceptors (Lipinski definition) is 15.